The van der Waals surface area contributed by atoms with Gasteiger partial charge in [-0.25, -0.2) is 4.98 Å². The highest BCUT2D eigenvalue weighted by Gasteiger charge is 2.10. The fourth-order valence-corrected chi connectivity index (χ4v) is 0.885. The number of hydrogen-bond acceptors (Lipinski definition) is 3. The number of aromatic nitrogens is 1. The van der Waals surface area contributed by atoms with E-state index in [-0.39, 0.29) is 11.1 Å². The molecule has 0 unspecified atom stereocenters. The zero-order valence-electron chi connectivity index (χ0n) is 5.43. The molecular weight excluding hydrogens is 198 g/mol. The molecule has 1 rings (SSSR count). The second kappa shape index (κ2) is 2.96. The minimum Gasteiger partial charge on any atom is -0.440 e. The van der Waals surface area contributed by atoms with Gasteiger partial charge in [0.2, 0.25) is 5.78 Å². The summed E-state index contributed by atoms with van der Waals surface area (Å²) in [5, 5.41) is 0.281. The second-order valence-electron chi connectivity index (χ2n) is 1.82. The summed E-state index contributed by atoms with van der Waals surface area (Å²) in [6.45, 7) is 1.74. The van der Waals surface area contributed by atoms with Crippen molar-refractivity contribution in [3.05, 3.63) is 17.8 Å². The molecule has 1 aromatic heterocycles. The number of nitrogens with zero attached hydrogens (tertiary/aromatic N) is 1. The van der Waals surface area contributed by atoms with Crippen LogP contribution in [-0.2, 0) is 0 Å². The van der Waals surface area contributed by atoms with Crippen LogP contribution < -0.4 is 0 Å². The van der Waals surface area contributed by atoms with Crippen LogP contribution in [0.15, 0.2) is 10.8 Å². The number of ketones is 1. The molecule has 0 saturated heterocycles. The maximum Gasteiger partial charge on any atom is 0.210 e. The highest BCUT2D eigenvalue weighted by Crippen LogP contribution is 2.06. The van der Waals surface area contributed by atoms with Gasteiger partial charge in [-0.2, -0.15) is 0 Å². The van der Waals surface area contributed by atoms with Crippen molar-refractivity contribution in [3.63, 3.8) is 0 Å². The molecule has 0 bridgehead atoms. The number of aryl methyl sites for hydroxylation is 1. The van der Waals surface area contributed by atoms with Crippen molar-refractivity contribution >= 4 is 21.7 Å². The van der Waals surface area contributed by atoms with E-state index in [9.17, 15) is 4.79 Å². The summed E-state index contributed by atoms with van der Waals surface area (Å²) >= 11 is 3.03. The van der Waals surface area contributed by atoms with Crippen LogP contribution in [0.25, 0.3) is 0 Å². The monoisotopic (exact) mass is 203 g/mol. The van der Waals surface area contributed by atoms with Crippen molar-refractivity contribution < 1.29 is 9.21 Å². The van der Waals surface area contributed by atoms with Gasteiger partial charge in [0.05, 0.1) is 11.0 Å². The van der Waals surface area contributed by atoms with E-state index in [4.69, 9.17) is 4.42 Å². The Hall–Kier alpha value is -0.640. The third kappa shape index (κ3) is 1.26. The van der Waals surface area contributed by atoms with Crippen LogP contribution in [0.5, 0.6) is 0 Å². The van der Waals surface area contributed by atoms with Gasteiger partial charge in [-0.15, -0.1) is 0 Å². The van der Waals surface area contributed by atoms with Gasteiger partial charge in [-0.1, -0.05) is 15.9 Å². The van der Waals surface area contributed by atoms with Crippen LogP contribution in [0.2, 0.25) is 0 Å². The number of halogens is 1. The van der Waals surface area contributed by atoms with Gasteiger partial charge in [0.15, 0.2) is 12.2 Å². The van der Waals surface area contributed by atoms with Crippen molar-refractivity contribution in [2.75, 3.05) is 5.33 Å². The first-order valence-corrected chi connectivity index (χ1v) is 3.87. The molecule has 3 nitrogen and oxygen atoms in total. The number of carbonyl (C=O) groups excluding carboxylic acids is 1. The summed E-state index contributed by atoms with van der Waals surface area (Å²) in [4.78, 5) is 14.7. The fraction of sp³-hybridized carbons (Fsp3) is 0.333. The van der Waals surface area contributed by atoms with Crippen LogP contribution in [0, 0.1) is 6.92 Å². The van der Waals surface area contributed by atoms with Crippen LogP contribution in [0.1, 0.15) is 16.2 Å². The molecule has 0 fully saturated rings. The van der Waals surface area contributed by atoms with Crippen molar-refractivity contribution in [2.24, 2.45) is 0 Å². The van der Waals surface area contributed by atoms with Gasteiger partial charge in [0, 0.05) is 0 Å². The van der Waals surface area contributed by atoms with Crippen LogP contribution in [-0.4, -0.2) is 16.1 Å². The summed E-state index contributed by atoms with van der Waals surface area (Å²) in [6, 6.07) is 0. The lowest BCUT2D eigenvalue weighted by Gasteiger charge is -1.88. The molecule has 0 spiro atoms. The van der Waals surface area contributed by atoms with E-state index in [1.807, 2.05) is 0 Å². The molecule has 10 heavy (non-hydrogen) atoms. The summed E-state index contributed by atoms with van der Waals surface area (Å²) in [6.07, 6.45) is 1.27. The fourth-order valence-electron chi connectivity index (χ4n) is 0.630. The topological polar surface area (TPSA) is 43.1 Å². The Morgan fingerprint density at radius 2 is 2.60 bits per heavy atom. The van der Waals surface area contributed by atoms with E-state index < -0.39 is 0 Å². The lowest BCUT2D eigenvalue weighted by molar-refractivity contribution is 0.0992. The minimum atomic E-state index is -0.0741. The van der Waals surface area contributed by atoms with E-state index in [0.717, 1.165) is 0 Å². The largest absolute Gasteiger partial charge is 0.440 e. The third-order valence-electron chi connectivity index (χ3n) is 1.12. The van der Waals surface area contributed by atoms with Crippen molar-refractivity contribution in [1.82, 2.24) is 4.98 Å². The minimum absolute atomic E-state index is 0.0741. The first-order chi connectivity index (χ1) is 4.75. The standard InChI is InChI=1S/C6H6BrNO2/c1-4-6(5(9)2-7)10-3-8-4/h3H,2H2,1H3. The summed E-state index contributed by atoms with van der Waals surface area (Å²) < 4.78 is 4.83. The molecule has 54 valence electrons. The van der Waals surface area contributed by atoms with Gasteiger partial charge >= 0.3 is 0 Å². The van der Waals surface area contributed by atoms with Crippen molar-refractivity contribution in [1.29, 1.82) is 0 Å². The first-order valence-electron chi connectivity index (χ1n) is 2.75. The lowest BCUT2D eigenvalue weighted by Crippen LogP contribution is -1.99. The normalized spacial score (nSPS) is 9.80. The average molecular weight is 204 g/mol. The van der Waals surface area contributed by atoms with Crippen molar-refractivity contribution in [3.8, 4) is 0 Å². The maximum absolute atomic E-state index is 10.9. The molecule has 0 aliphatic heterocycles. The number of oxazole rings is 1. The molecular formula is C6H6BrNO2. The number of hydrogen-bond donors (Lipinski definition) is 0. The van der Waals surface area contributed by atoms with Gasteiger partial charge in [-0.05, 0) is 6.92 Å². The molecule has 0 atom stereocenters. The molecule has 0 saturated carbocycles. The maximum atomic E-state index is 10.9. The Morgan fingerprint density at radius 3 is 3.00 bits per heavy atom. The molecule has 0 aliphatic rings. The third-order valence-corrected chi connectivity index (χ3v) is 1.63. The highest BCUT2D eigenvalue weighted by atomic mass is 79.9. The smallest absolute Gasteiger partial charge is 0.210 e. The van der Waals surface area contributed by atoms with Crippen LogP contribution in [0.3, 0.4) is 0 Å². The summed E-state index contributed by atoms with van der Waals surface area (Å²) in [7, 11) is 0. The highest BCUT2D eigenvalue weighted by molar-refractivity contribution is 9.09. The van der Waals surface area contributed by atoms with E-state index >= 15 is 0 Å². The Morgan fingerprint density at radius 1 is 1.90 bits per heavy atom. The molecule has 0 aliphatic carbocycles. The molecule has 1 heterocycles. The van der Waals surface area contributed by atoms with Gasteiger partial charge in [-0.3, -0.25) is 4.79 Å². The Balaban J connectivity index is 2.93. The Bertz CT molecular complexity index is 244. The molecule has 1 aromatic rings. The predicted octanol–water partition coefficient (Wildman–Crippen LogP) is 1.56. The zero-order chi connectivity index (χ0) is 7.56. The van der Waals surface area contributed by atoms with Gasteiger partial charge < -0.3 is 4.42 Å². The van der Waals surface area contributed by atoms with Crippen LogP contribution >= 0.6 is 15.9 Å². The molecule has 0 radical (unpaired) electrons. The average Bonchev–Trinajstić information content (AvgIpc) is 2.34. The summed E-state index contributed by atoms with van der Waals surface area (Å²) in [5.74, 6) is 0.270. The van der Waals surface area contributed by atoms with E-state index in [0.29, 0.717) is 11.5 Å². The second-order valence-corrected chi connectivity index (χ2v) is 2.38. The zero-order valence-corrected chi connectivity index (χ0v) is 7.01. The molecule has 0 N–H and O–H groups in total. The predicted molar refractivity (Wildman–Crippen MR) is 39.4 cm³/mol. The number of Topliss-reactive ketones (excluding diaryl/α,β-unsaturated/α-hetero) is 1. The van der Waals surface area contributed by atoms with Gasteiger partial charge in [0.25, 0.3) is 0 Å². The number of carbonyl (C=O) groups is 1. The van der Waals surface area contributed by atoms with E-state index in [1.165, 1.54) is 6.39 Å². The quantitative estimate of drug-likeness (QED) is 0.542. The Labute approximate surface area is 66.6 Å². The van der Waals surface area contributed by atoms with E-state index in [1.54, 1.807) is 6.92 Å². The first kappa shape index (κ1) is 7.47. The molecule has 4 heteroatoms. The molecule has 0 amide bonds. The molecule has 0 aromatic carbocycles. The number of alkyl halides is 1. The SMILES string of the molecule is Cc1ncoc1C(=O)CBr. The van der Waals surface area contributed by atoms with Crippen molar-refractivity contribution in [2.45, 2.75) is 6.92 Å². The summed E-state index contributed by atoms with van der Waals surface area (Å²) in [5.41, 5.74) is 0.643. The van der Waals surface area contributed by atoms with E-state index in [2.05, 4.69) is 20.9 Å². The van der Waals surface area contributed by atoms with Crippen LogP contribution in [0.4, 0.5) is 0 Å². The lowest BCUT2D eigenvalue weighted by atomic mass is 10.3. The Kier molecular flexibility index (Phi) is 2.21. The van der Waals surface area contributed by atoms with Gasteiger partial charge in [0.1, 0.15) is 0 Å². The number of rotatable bonds is 2.